The fourth-order valence-electron chi connectivity index (χ4n) is 7.47. The van der Waals surface area contributed by atoms with E-state index in [0.717, 1.165) is 55.0 Å². The van der Waals surface area contributed by atoms with Crippen molar-refractivity contribution in [3.8, 4) is 11.5 Å². The molecule has 0 aliphatic carbocycles. The second-order valence-corrected chi connectivity index (χ2v) is 13.1. The Morgan fingerprint density at radius 1 is 0.894 bits per heavy atom. The standard InChI is InChI=1S/C39H42N4O4/c1-42(24-28-9-5-6-10-34(28)40-35-17-18-37(45)41-39(35)46)29-19-21-43(22-20-29)30-13-11-27(12-14-30)38-32-16-15-31(44)23-36(32)47-25-33(38)26-7-3-2-4-8-26/h2-16,23,29,33,35,38,40,44H,17-22,24-25H2,1H3,(H,41,45,46). The SMILES string of the molecule is CN(Cc1ccccc1NC1CCC(=O)NC1=O)C1CCN(c2ccc(C3c4ccc(O)cc4OCC3c3ccccc3)cc2)CC1. The first-order chi connectivity index (χ1) is 22.9. The van der Waals surface area contributed by atoms with Crippen LogP contribution in [0, 0.1) is 0 Å². The number of carbonyl (C=O) groups is 2. The number of ether oxygens (including phenoxy) is 1. The third kappa shape index (κ3) is 6.69. The maximum absolute atomic E-state index is 12.3. The van der Waals surface area contributed by atoms with Crippen molar-refractivity contribution in [2.45, 2.75) is 56.1 Å². The number of nitrogens with zero attached hydrogens (tertiary/aromatic N) is 2. The summed E-state index contributed by atoms with van der Waals surface area (Å²) in [6.07, 6.45) is 2.99. The molecule has 3 N–H and O–H groups in total. The van der Waals surface area contributed by atoms with E-state index in [1.165, 1.54) is 16.8 Å². The summed E-state index contributed by atoms with van der Waals surface area (Å²) in [7, 11) is 2.19. The molecule has 0 bridgehead atoms. The highest BCUT2D eigenvalue weighted by molar-refractivity contribution is 6.01. The molecule has 3 aliphatic heterocycles. The molecule has 47 heavy (non-hydrogen) atoms. The van der Waals surface area contributed by atoms with Crippen molar-refractivity contribution >= 4 is 23.2 Å². The number of benzene rings is 4. The number of rotatable bonds is 8. The van der Waals surface area contributed by atoms with Crippen LogP contribution in [0.1, 0.15) is 59.8 Å². The second kappa shape index (κ2) is 13.5. The van der Waals surface area contributed by atoms with Gasteiger partial charge in [-0.1, -0.05) is 66.7 Å². The molecule has 0 saturated carbocycles. The van der Waals surface area contributed by atoms with Gasteiger partial charge in [-0.05, 0) is 67.3 Å². The van der Waals surface area contributed by atoms with Crippen LogP contribution in [0.25, 0.3) is 0 Å². The van der Waals surface area contributed by atoms with E-state index in [-0.39, 0.29) is 29.4 Å². The summed E-state index contributed by atoms with van der Waals surface area (Å²) in [5, 5.41) is 15.9. The minimum absolute atomic E-state index is 0.127. The topological polar surface area (TPSA) is 94.1 Å². The highest BCUT2D eigenvalue weighted by Crippen LogP contribution is 2.47. The van der Waals surface area contributed by atoms with Crippen LogP contribution >= 0.6 is 0 Å². The van der Waals surface area contributed by atoms with Crippen molar-refractivity contribution < 1.29 is 19.4 Å². The van der Waals surface area contributed by atoms with Gasteiger partial charge >= 0.3 is 0 Å². The van der Waals surface area contributed by atoms with Crippen molar-refractivity contribution in [2.75, 3.05) is 37.0 Å². The molecule has 3 heterocycles. The van der Waals surface area contributed by atoms with Gasteiger partial charge in [-0.2, -0.15) is 0 Å². The molecule has 8 nitrogen and oxygen atoms in total. The molecule has 2 saturated heterocycles. The predicted molar refractivity (Wildman–Crippen MR) is 184 cm³/mol. The van der Waals surface area contributed by atoms with Gasteiger partial charge in [-0.25, -0.2) is 0 Å². The van der Waals surface area contributed by atoms with Gasteiger partial charge in [0.1, 0.15) is 17.5 Å². The van der Waals surface area contributed by atoms with Gasteiger partial charge in [0, 0.05) is 66.9 Å². The summed E-state index contributed by atoms with van der Waals surface area (Å²) >= 11 is 0. The average molecular weight is 631 g/mol. The lowest BCUT2D eigenvalue weighted by atomic mass is 9.76. The van der Waals surface area contributed by atoms with E-state index in [0.29, 0.717) is 25.5 Å². The largest absolute Gasteiger partial charge is 0.508 e. The molecule has 2 fully saturated rings. The number of fused-ring (bicyclic) bond motifs is 1. The van der Waals surface area contributed by atoms with Crippen LogP contribution in [0.3, 0.4) is 0 Å². The van der Waals surface area contributed by atoms with Crippen LogP contribution in [0.5, 0.6) is 11.5 Å². The van der Waals surface area contributed by atoms with Crippen LogP contribution < -0.4 is 20.3 Å². The van der Waals surface area contributed by atoms with Gasteiger partial charge < -0.3 is 20.1 Å². The van der Waals surface area contributed by atoms with Gasteiger partial charge in [-0.3, -0.25) is 19.8 Å². The normalized spacial score (nSPS) is 21.6. The quantitative estimate of drug-likeness (QED) is 0.205. The van der Waals surface area contributed by atoms with Crippen LogP contribution in [-0.4, -0.2) is 60.6 Å². The number of piperidine rings is 2. The molecule has 2 amide bonds. The van der Waals surface area contributed by atoms with Crippen LogP contribution in [0.2, 0.25) is 0 Å². The predicted octanol–water partition coefficient (Wildman–Crippen LogP) is 6.02. The van der Waals surface area contributed by atoms with Gasteiger partial charge in [0.05, 0.1) is 6.61 Å². The van der Waals surface area contributed by atoms with Crippen LogP contribution in [0.15, 0.2) is 97.1 Å². The minimum Gasteiger partial charge on any atom is -0.508 e. The summed E-state index contributed by atoms with van der Waals surface area (Å²) in [4.78, 5) is 28.8. The van der Waals surface area contributed by atoms with Gasteiger partial charge in [0.2, 0.25) is 11.8 Å². The highest BCUT2D eigenvalue weighted by atomic mass is 16.5. The van der Waals surface area contributed by atoms with Crippen molar-refractivity contribution in [3.63, 3.8) is 0 Å². The lowest BCUT2D eigenvalue weighted by Crippen LogP contribution is -2.47. The number of phenolic OH excluding ortho intramolecular Hbond substituents is 1. The Kier molecular flexibility index (Phi) is 8.85. The minimum atomic E-state index is -0.396. The Bertz CT molecular complexity index is 1720. The summed E-state index contributed by atoms with van der Waals surface area (Å²) in [6, 6.07) is 33.3. The third-order valence-corrected chi connectivity index (χ3v) is 10.1. The lowest BCUT2D eigenvalue weighted by Gasteiger charge is -2.38. The zero-order chi connectivity index (χ0) is 32.3. The van der Waals surface area contributed by atoms with Crippen molar-refractivity contribution in [1.29, 1.82) is 0 Å². The Labute approximate surface area is 276 Å². The molecule has 3 atom stereocenters. The van der Waals surface area contributed by atoms with Crippen LogP contribution in [0.4, 0.5) is 11.4 Å². The van der Waals surface area contributed by atoms with E-state index in [2.05, 4.69) is 82.1 Å². The summed E-state index contributed by atoms with van der Waals surface area (Å²) in [5.41, 5.74) is 6.94. The van der Waals surface area contributed by atoms with E-state index in [1.807, 2.05) is 30.3 Å². The molecule has 4 aromatic rings. The molecular formula is C39H42N4O4. The van der Waals surface area contributed by atoms with Gasteiger partial charge in [0.15, 0.2) is 0 Å². The molecule has 3 unspecified atom stereocenters. The number of nitrogens with one attached hydrogen (secondary N) is 2. The molecule has 7 rings (SSSR count). The summed E-state index contributed by atoms with van der Waals surface area (Å²) in [5.74, 6) is 0.827. The molecule has 3 aliphatic rings. The first-order valence-electron chi connectivity index (χ1n) is 16.7. The number of imide groups is 1. The van der Waals surface area contributed by atoms with Crippen molar-refractivity contribution in [2.24, 2.45) is 0 Å². The maximum atomic E-state index is 12.3. The molecule has 0 radical (unpaired) electrons. The fourth-order valence-corrected chi connectivity index (χ4v) is 7.47. The summed E-state index contributed by atoms with van der Waals surface area (Å²) in [6.45, 7) is 3.31. The smallest absolute Gasteiger partial charge is 0.249 e. The van der Waals surface area contributed by atoms with E-state index in [4.69, 9.17) is 4.74 Å². The zero-order valence-corrected chi connectivity index (χ0v) is 26.8. The first kappa shape index (κ1) is 30.8. The molecule has 242 valence electrons. The Morgan fingerprint density at radius 3 is 2.40 bits per heavy atom. The number of aromatic hydroxyl groups is 1. The monoisotopic (exact) mass is 630 g/mol. The molecule has 0 spiro atoms. The lowest BCUT2D eigenvalue weighted by molar-refractivity contribution is -0.133. The van der Waals surface area contributed by atoms with Crippen molar-refractivity contribution in [1.82, 2.24) is 10.2 Å². The van der Waals surface area contributed by atoms with E-state index >= 15 is 0 Å². The second-order valence-electron chi connectivity index (χ2n) is 13.1. The maximum Gasteiger partial charge on any atom is 0.249 e. The van der Waals surface area contributed by atoms with Crippen molar-refractivity contribution in [3.05, 3.63) is 119 Å². The number of phenols is 1. The number of anilines is 2. The third-order valence-electron chi connectivity index (χ3n) is 10.1. The molecule has 4 aromatic carbocycles. The number of amides is 2. The molecular weight excluding hydrogens is 588 g/mol. The first-order valence-corrected chi connectivity index (χ1v) is 16.7. The number of carbonyl (C=O) groups excluding carboxylic acids is 2. The zero-order valence-electron chi connectivity index (χ0n) is 26.8. The number of para-hydroxylation sites is 1. The Hall–Kier alpha value is -4.82. The van der Waals surface area contributed by atoms with E-state index in [1.54, 1.807) is 12.1 Å². The van der Waals surface area contributed by atoms with E-state index in [9.17, 15) is 14.7 Å². The number of hydrogen-bond acceptors (Lipinski definition) is 7. The molecule has 8 heteroatoms. The Balaban J connectivity index is 1.00. The van der Waals surface area contributed by atoms with E-state index < -0.39 is 6.04 Å². The summed E-state index contributed by atoms with van der Waals surface area (Å²) < 4.78 is 6.15. The van der Waals surface area contributed by atoms with Gasteiger partial charge in [-0.15, -0.1) is 0 Å². The Morgan fingerprint density at radius 2 is 1.64 bits per heavy atom. The van der Waals surface area contributed by atoms with Gasteiger partial charge in [0.25, 0.3) is 0 Å². The molecule has 0 aromatic heterocycles. The van der Waals surface area contributed by atoms with Crippen LogP contribution in [-0.2, 0) is 16.1 Å². The number of hydrogen-bond donors (Lipinski definition) is 3. The average Bonchev–Trinajstić information content (AvgIpc) is 3.10. The fraction of sp³-hybridized carbons (Fsp3) is 0.333. The highest BCUT2D eigenvalue weighted by Gasteiger charge is 2.34.